The van der Waals surface area contributed by atoms with E-state index in [0.29, 0.717) is 5.02 Å². The maximum Gasteiger partial charge on any atom is 0.271 e. The van der Waals surface area contributed by atoms with Crippen LogP contribution >= 0.6 is 11.6 Å². The van der Waals surface area contributed by atoms with Crippen molar-refractivity contribution in [1.82, 2.24) is 0 Å². The van der Waals surface area contributed by atoms with Gasteiger partial charge in [0.25, 0.3) is 17.5 Å². The molecule has 0 aromatic heterocycles. The molecule has 6 nitrogen and oxygen atoms in total. The molecule has 1 heterocycles. The summed E-state index contributed by atoms with van der Waals surface area (Å²) >= 11 is 5.83. The van der Waals surface area contributed by atoms with E-state index in [1.165, 1.54) is 42.5 Å². The maximum atomic E-state index is 12.3. The SMILES string of the molecule is O=C1c2ccc(Cl)cc2C(=O)N1c1cccc([N+](=O)[O-])c1. The molecule has 2 aromatic carbocycles. The van der Waals surface area contributed by atoms with Gasteiger partial charge in [0.1, 0.15) is 0 Å². The molecule has 1 aliphatic heterocycles. The zero-order chi connectivity index (χ0) is 15.1. The molecule has 0 spiro atoms. The van der Waals surface area contributed by atoms with Crippen LogP contribution in [0.15, 0.2) is 42.5 Å². The number of hydrogen-bond donors (Lipinski definition) is 0. The number of non-ortho nitro benzene ring substituents is 1. The fourth-order valence-electron chi connectivity index (χ4n) is 2.19. The van der Waals surface area contributed by atoms with Crippen LogP contribution in [0.4, 0.5) is 11.4 Å². The van der Waals surface area contributed by atoms with Gasteiger partial charge in [0.15, 0.2) is 0 Å². The Morgan fingerprint density at radius 3 is 2.43 bits per heavy atom. The Balaban J connectivity index is 2.10. The molecule has 0 saturated carbocycles. The van der Waals surface area contributed by atoms with Crippen LogP contribution in [-0.4, -0.2) is 16.7 Å². The van der Waals surface area contributed by atoms with Gasteiger partial charge in [-0.3, -0.25) is 19.7 Å². The van der Waals surface area contributed by atoms with Crippen molar-refractivity contribution in [2.45, 2.75) is 0 Å². The minimum atomic E-state index is -0.585. The van der Waals surface area contributed by atoms with Crippen LogP contribution in [-0.2, 0) is 0 Å². The third kappa shape index (κ3) is 2.05. The average molecular weight is 303 g/mol. The molecule has 3 rings (SSSR count). The fourth-order valence-corrected chi connectivity index (χ4v) is 2.37. The number of nitro benzene ring substituents is 1. The van der Waals surface area contributed by atoms with Crippen molar-refractivity contribution in [3.05, 3.63) is 68.7 Å². The van der Waals surface area contributed by atoms with Gasteiger partial charge >= 0.3 is 0 Å². The number of fused-ring (bicyclic) bond motifs is 1. The van der Waals surface area contributed by atoms with E-state index in [1.807, 2.05) is 0 Å². The van der Waals surface area contributed by atoms with Crippen LogP contribution in [0.3, 0.4) is 0 Å². The highest BCUT2D eigenvalue weighted by Gasteiger charge is 2.37. The predicted molar refractivity (Wildman–Crippen MR) is 75.7 cm³/mol. The second-order valence-corrected chi connectivity index (χ2v) is 4.85. The van der Waals surface area contributed by atoms with Gasteiger partial charge in [0.2, 0.25) is 0 Å². The lowest BCUT2D eigenvalue weighted by molar-refractivity contribution is -0.384. The van der Waals surface area contributed by atoms with E-state index in [9.17, 15) is 19.7 Å². The van der Waals surface area contributed by atoms with E-state index >= 15 is 0 Å². The van der Waals surface area contributed by atoms with Crippen LogP contribution in [0.5, 0.6) is 0 Å². The van der Waals surface area contributed by atoms with Crippen molar-refractivity contribution in [3.63, 3.8) is 0 Å². The van der Waals surface area contributed by atoms with Crippen molar-refractivity contribution in [2.75, 3.05) is 4.90 Å². The fraction of sp³-hybridized carbons (Fsp3) is 0. The second-order valence-electron chi connectivity index (χ2n) is 4.41. The molecule has 0 radical (unpaired) electrons. The quantitative estimate of drug-likeness (QED) is 0.485. The number of amides is 2. The highest BCUT2D eigenvalue weighted by atomic mass is 35.5. The Hall–Kier alpha value is -2.73. The standard InChI is InChI=1S/C14H7ClN2O4/c15-8-4-5-11-12(6-8)14(19)16(13(11)18)9-2-1-3-10(7-9)17(20)21/h1-7H. The number of carbonyl (C=O) groups excluding carboxylic acids is 2. The van der Waals surface area contributed by atoms with E-state index in [-0.39, 0.29) is 22.5 Å². The number of imide groups is 1. The van der Waals surface area contributed by atoms with E-state index in [1.54, 1.807) is 0 Å². The van der Waals surface area contributed by atoms with Crippen molar-refractivity contribution in [2.24, 2.45) is 0 Å². The number of hydrogen-bond acceptors (Lipinski definition) is 4. The number of nitro groups is 1. The first kappa shape index (κ1) is 13.3. The van der Waals surface area contributed by atoms with Gasteiger partial charge in [-0.2, -0.15) is 0 Å². The molecule has 2 aromatic rings. The Kier molecular flexibility index (Phi) is 2.95. The van der Waals surface area contributed by atoms with Gasteiger partial charge in [-0.05, 0) is 24.3 Å². The smallest absolute Gasteiger partial charge is 0.268 e. The molecule has 0 atom stereocenters. The first-order valence-corrected chi connectivity index (χ1v) is 6.29. The van der Waals surface area contributed by atoms with Gasteiger partial charge in [0, 0.05) is 17.2 Å². The van der Waals surface area contributed by atoms with E-state index in [4.69, 9.17) is 11.6 Å². The van der Waals surface area contributed by atoms with E-state index in [0.717, 1.165) is 4.90 Å². The molecular weight excluding hydrogens is 296 g/mol. The van der Waals surface area contributed by atoms with Crippen LogP contribution in [0, 0.1) is 10.1 Å². The highest BCUT2D eigenvalue weighted by Crippen LogP contribution is 2.31. The molecule has 7 heteroatoms. The average Bonchev–Trinajstić information content (AvgIpc) is 2.70. The van der Waals surface area contributed by atoms with E-state index < -0.39 is 16.7 Å². The van der Waals surface area contributed by atoms with Crippen molar-refractivity contribution >= 4 is 34.8 Å². The van der Waals surface area contributed by atoms with Crippen LogP contribution < -0.4 is 4.90 Å². The summed E-state index contributed by atoms with van der Waals surface area (Å²) < 4.78 is 0. The normalized spacial score (nSPS) is 13.5. The van der Waals surface area contributed by atoms with Gasteiger partial charge in [-0.15, -0.1) is 0 Å². The number of anilines is 1. The largest absolute Gasteiger partial charge is 0.271 e. The summed E-state index contributed by atoms with van der Waals surface area (Å²) in [6, 6.07) is 9.76. The first-order valence-electron chi connectivity index (χ1n) is 5.92. The zero-order valence-electron chi connectivity index (χ0n) is 10.4. The number of rotatable bonds is 2. The summed E-state index contributed by atoms with van der Waals surface area (Å²) in [6.07, 6.45) is 0. The number of nitrogens with zero attached hydrogens (tertiary/aromatic N) is 2. The molecule has 0 aliphatic carbocycles. The summed E-state index contributed by atoms with van der Waals surface area (Å²) in [5.74, 6) is -1.06. The van der Waals surface area contributed by atoms with E-state index in [2.05, 4.69) is 0 Å². The lowest BCUT2D eigenvalue weighted by Crippen LogP contribution is -2.29. The Labute approximate surface area is 123 Å². The molecular formula is C14H7ClN2O4. The Morgan fingerprint density at radius 2 is 1.71 bits per heavy atom. The summed E-state index contributed by atoms with van der Waals surface area (Å²) in [6.45, 7) is 0. The number of benzene rings is 2. The lowest BCUT2D eigenvalue weighted by atomic mass is 10.1. The monoisotopic (exact) mass is 302 g/mol. The third-order valence-corrected chi connectivity index (χ3v) is 3.38. The third-order valence-electron chi connectivity index (χ3n) is 3.15. The Morgan fingerprint density at radius 1 is 1.00 bits per heavy atom. The number of carbonyl (C=O) groups is 2. The molecule has 1 aliphatic rings. The predicted octanol–water partition coefficient (Wildman–Crippen LogP) is 3.05. The molecule has 0 bridgehead atoms. The van der Waals surface area contributed by atoms with Crippen molar-refractivity contribution in [1.29, 1.82) is 0 Å². The molecule has 0 unspecified atom stereocenters. The minimum absolute atomic E-state index is 0.159. The molecule has 0 fully saturated rings. The minimum Gasteiger partial charge on any atom is -0.268 e. The molecule has 0 saturated heterocycles. The van der Waals surface area contributed by atoms with Gasteiger partial charge in [-0.1, -0.05) is 17.7 Å². The van der Waals surface area contributed by atoms with Gasteiger partial charge < -0.3 is 0 Å². The van der Waals surface area contributed by atoms with Gasteiger partial charge in [-0.25, -0.2) is 4.90 Å². The summed E-state index contributed by atoms with van der Waals surface area (Å²) in [4.78, 5) is 35.7. The van der Waals surface area contributed by atoms with Crippen LogP contribution in [0.2, 0.25) is 5.02 Å². The topological polar surface area (TPSA) is 80.5 Å². The summed E-state index contributed by atoms with van der Waals surface area (Å²) in [5.41, 5.74) is 0.392. The summed E-state index contributed by atoms with van der Waals surface area (Å²) in [7, 11) is 0. The second kappa shape index (κ2) is 4.68. The lowest BCUT2D eigenvalue weighted by Gasteiger charge is -2.13. The first-order chi connectivity index (χ1) is 9.99. The van der Waals surface area contributed by atoms with Crippen molar-refractivity contribution in [3.8, 4) is 0 Å². The van der Waals surface area contributed by atoms with Crippen LogP contribution in [0.1, 0.15) is 20.7 Å². The molecule has 0 N–H and O–H groups in total. The molecule has 2 amide bonds. The maximum absolute atomic E-state index is 12.3. The van der Waals surface area contributed by atoms with Crippen molar-refractivity contribution < 1.29 is 14.5 Å². The number of halogens is 1. The summed E-state index contributed by atoms with van der Waals surface area (Å²) in [5, 5.41) is 11.1. The zero-order valence-corrected chi connectivity index (χ0v) is 11.2. The molecule has 21 heavy (non-hydrogen) atoms. The van der Waals surface area contributed by atoms with Gasteiger partial charge in [0.05, 0.1) is 21.7 Å². The highest BCUT2D eigenvalue weighted by molar-refractivity contribution is 6.36. The molecule has 104 valence electrons. The Bertz CT molecular complexity index is 803. The van der Waals surface area contributed by atoms with Crippen LogP contribution in [0.25, 0.3) is 0 Å².